The van der Waals surface area contributed by atoms with E-state index in [-0.39, 0.29) is 11.2 Å². The third kappa shape index (κ3) is 1.35. The molecule has 78 valence electrons. The van der Waals surface area contributed by atoms with Crippen LogP contribution < -0.4 is 11.3 Å². The monoisotopic (exact) mass is 207 g/mol. The molecule has 0 saturated heterocycles. The summed E-state index contributed by atoms with van der Waals surface area (Å²) in [5.74, 6) is -0.495. The van der Waals surface area contributed by atoms with Gasteiger partial charge in [-0.05, 0) is 12.1 Å². The minimum absolute atomic E-state index is 0.246. The molecule has 0 atom stereocenters. The Balaban J connectivity index is 2.74. The van der Waals surface area contributed by atoms with Crippen molar-refractivity contribution in [3.8, 4) is 0 Å². The number of hydrogen-bond acceptors (Lipinski definition) is 4. The smallest absolute Gasteiger partial charge is 0.337 e. The SMILES string of the molecule is COC(=O)c1cc(N)c2c(=O)[nH][nH]c2c1. The lowest BCUT2D eigenvalue weighted by Gasteiger charge is -2.00. The number of benzene rings is 1. The van der Waals surface area contributed by atoms with Crippen molar-refractivity contribution in [1.29, 1.82) is 0 Å². The third-order valence-corrected chi connectivity index (χ3v) is 2.13. The number of H-pyrrole nitrogens is 2. The average molecular weight is 207 g/mol. The van der Waals surface area contributed by atoms with Gasteiger partial charge in [-0.2, -0.15) is 0 Å². The van der Waals surface area contributed by atoms with Crippen molar-refractivity contribution < 1.29 is 9.53 Å². The van der Waals surface area contributed by atoms with Crippen molar-refractivity contribution in [2.75, 3.05) is 12.8 Å². The molecule has 0 fully saturated rings. The summed E-state index contributed by atoms with van der Waals surface area (Å²) in [6, 6.07) is 2.92. The molecule has 1 heterocycles. The predicted octanol–water partition coefficient (Wildman–Crippen LogP) is 0.225. The molecule has 6 nitrogen and oxygen atoms in total. The fourth-order valence-corrected chi connectivity index (χ4v) is 1.44. The maximum absolute atomic E-state index is 11.3. The molecule has 0 aliphatic heterocycles. The van der Waals surface area contributed by atoms with E-state index in [4.69, 9.17) is 5.73 Å². The number of esters is 1. The van der Waals surface area contributed by atoms with Gasteiger partial charge in [0.1, 0.15) is 0 Å². The van der Waals surface area contributed by atoms with E-state index in [2.05, 4.69) is 14.9 Å². The zero-order valence-electron chi connectivity index (χ0n) is 7.96. The summed E-state index contributed by atoms with van der Waals surface area (Å²) in [5, 5.41) is 5.36. The number of rotatable bonds is 1. The first-order valence-corrected chi connectivity index (χ1v) is 4.21. The van der Waals surface area contributed by atoms with E-state index >= 15 is 0 Å². The molecule has 1 aromatic carbocycles. The number of carbonyl (C=O) groups is 1. The summed E-state index contributed by atoms with van der Waals surface area (Å²) < 4.78 is 4.55. The van der Waals surface area contributed by atoms with Gasteiger partial charge in [-0.3, -0.25) is 15.0 Å². The van der Waals surface area contributed by atoms with Crippen molar-refractivity contribution in [3.63, 3.8) is 0 Å². The Kier molecular flexibility index (Phi) is 1.96. The van der Waals surface area contributed by atoms with E-state index in [0.29, 0.717) is 16.5 Å². The molecule has 0 spiro atoms. The molecule has 0 saturated carbocycles. The molecule has 6 heteroatoms. The number of anilines is 1. The van der Waals surface area contributed by atoms with Gasteiger partial charge in [-0.15, -0.1) is 0 Å². The van der Waals surface area contributed by atoms with Gasteiger partial charge in [0.15, 0.2) is 0 Å². The molecule has 1 aromatic heterocycles. The standard InChI is InChI=1S/C9H9N3O3/c1-15-9(14)4-2-5(10)7-6(3-4)11-12-8(7)13/h2-3H,10H2,1H3,(H2,11,12,13). The third-order valence-electron chi connectivity index (χ3n) is 2.13. The number of ether oxygens (including phenoxy) is 1. The van der Waals surface area contributed by atoms with Crippen LogP contribution in [0.2, 0.25) is 0 Å². The van der Waals surface area contributed by atoms with Gasteiger partial charge in [0.25, 0.3) is 5.56 Å². The Morgan fingerprint density at radius 1 is 1.40 bits per heavy atom. The van der Waals surface area contributed by atoms with Gasteiger partial charge in [0.2, 0.25) is 0 Å². The predicted molar refractivity (Wildman–Crippen MR) is 54.7 cm³/mol. The van der Waals surface area contributed by atoms with Crippen molar-refractivity contribution in [3.05, 3.63) is 28.0 Å². The van der Waals surface area contributed by atoms with E-state index in [1.54, 1.807) is 0 Å². The van der Waals surface area contributed by atoms with Crippen LogP contribution in [0.4, 0.5) is 5.69 Å². The number of aromatic nitrogens is 2. The highest BCUT2D eigenvalue weighted by molar-refractivity contribution is 5.99. The van der Waals surface area contributed by atoms with Crippen LogP contribution in [0.15, 0.2) is 16.9 Å². The average Bonchev–Trinajstić information content (AvgIpc) is 2.59. The summed E-state index contributed by atoms with van der Waals surface area (Å²) in [6.45, 7) is 0. The molecule has 0 bridgehead atoms. The van der Waals surface area contributed by atoms with E-state index in [1.807, 2.05) is 0 Å². The molecule has 0 aliphatic rings. The Hall–Kier alpha value is -2.24. The van der Waals surface area contributed by atoms with Crippen LogP contribution in [0.3, 0.4) is 0 Å². The lowest BCUT2D eigenvalue weighted by Crippen LogP contribution is -2.05. The topological polar surface area (TPSA) is 101 Å². The van der Waals surface area contributed by atoms with Crippen molar-refractivity contribution in [1.82, 2.24) is 10.2 Å². The highest BCUT2D eigenvalue weighted by atomic mass is 16.5. The Bertz CT molecular complexity index is 582. The first-order valence-electron chi connectivity index (χ1n) is 4.21. The van der Waals surface area contributed by atoms with Crippen molar-refractivity contribution in [2.24, 2.45) is 0 Å². The number of aromatic amines is 2. The number of methoxy groups -OCH3 is 1. The Labute approximate surface area is 84.0 Å². The van der Waals surface area contributed by atoms with Gasteiger partial charge in [0, 0.05) is 5.69 Å². The van der Waals surface area contributed by atoms with E-state index < -0.39 is 5.97 Å². The second kappa shape index (κ2) is 3.16. The fourth-order valence-electron chi connectivity index (χ4n) is 1.44. The second-order valence-electron chi connectivity index (χ2n) is 3.06. The maximum atomic E-state index is 11.3. The van der Waals surface area contributed by atoms with Crippen molar-refractivity contribution in [2.45, 2.75) is 0 Å². The Morgan fingerprint density at radius 2 is 2.13 bits per heavy atom. The van der Waals surface area contributed by atoms with Crippen LogP contribution in [0.25, 0.3) is 10.9 Å². The molecule has 15 heavy (non-hydrogen) atoms. The zero-order valence-corrected chi connectivity index (χ0v) is 7.96. The number of nitrogens with one attached hydrogen (secondary N) is 2. The molecule has 0 unspecified atom stereocenters. The van der Waals surface area contributed by atoms with E-state index in [0.717, 1.165) is 0 Å². The lowest BCUT2D eigenvalue weighted by molar-refractivity contribution is 0.0601. The number of hydrogen-bond donors (Lipinski definition) is 3. The largest absolute Gasteiger partial charge is 0.465 e. The minimum atomic E-state index is -0.495. The molecule has 2 aromatic rings. The second-order valence-corrected chi connectivity index (χ2v) is 3.06. The highest BCUT2D eigenvalue weighted by Crippen LogP contribution is 2.18. The summed E-state index contributed by atoms with van der Waals surface area (Å²) in [6.07, 6.45) is 0. The van der Waals surface area contributed by atoms with E-state index in [9.17, 15) is 9.59 Å². The summed E-state index contributed by atoms with van der Waals surface area (Å²) in [7, 11) is 1.28. The number of carbonyl (C=O) groups excluding carboxylic acids is 1. The molecule has 0 aliphatic carbocycles. The molecular formula is C9H9N3O3. The van der Waals surface area contributed by atoms with Gasteiger partial charge in [-0.25, -0.2) is 4.79 Å². The fraction of sp³-hybridized carbons (Fsp3) is 0.111. The maximum Gasteiger partial charge on any atom is 0.337 e. The molecule has 2 rings (SSSR count). The Morgan fingerprint density at radius 3 is 2.80 bits per heavy atom. The molecule has 0 amide bonds. The first-order chi connectivity index (χ1) is 7.13. The summed E-state index contributed by atoms with van der Waals surface area (Å²) in [5.41, 5.74) is 6.38. The first kappa shape index (κ1) is 9.32. The van der Waals surface area contributed by atoms with Crippen molar-refractivity contribution >= 4 is 22.6 Å². The normalized spacial score (nSPS) is 10.5. The van der Waals surface area contributed by atoms with Crippen LogP contribution in [0.5, 0.6) is 0 Å². The van der Waals surface area contributed by atoms with Crippen LogP contribution in [-0.2, 0) is 4.74 Å². The number of fused-ring (bicyclic) bond motifs is 1. The number of nitrogen functional groups attached to an aromatic ring is 1. The zero-order chi connectivity index (χ0) is 11.0. The quantitative estimate of drug-likeness (QED) is 0.460. The van der Waals surface area contributed by atoms with E-state index in [1.165, 1.54) is 19.2 Å². The minimum Gasteiger partial charge on any atom is -0.465 e. The van der Waals surface area contributed by atoms with Crippen LogP contribution in [0, 0.1) is 0 Å². The van der Waals surface area contributed by atoms with Gasteiger partial charge in [0.05, 0.1) is 23.6 Å². The molecule has 4 N–H and O–H groups in total. The van der Waals surface area contributed by atoms with Crippen LogP contribution >= 0.6 is 0 Å². The van der Waals surface area contributed by atoms with Gasteiger partial charge < -0.3 is 10.5 Å². The molecular weight excluding hydrogens is 198 g/mol. The van der Waals surface area contributed by atoms with Crippen LogP contribution in [-0.4, -0.2) is 23.3 Å². The number of nitrogens with two attached hydrogens (primary N) is 1. The summed E-state index contributed by atoms with van der Waals surface area (Å²) in [4.78, 5) is 22.5. The van der Waals surface area contributed by atoms with Gasteiger partial charge >= 0.3 is 5.97 Å². The lowest BCUT2D eigenvalue weighted by atomic mass is 10.1. The highest BCUT2D eigenvalue weighted by Gasteiger charge is 2.11. The summed E-state index contributed by atoms with van der Waals surface area (Å²) >= 11 is 0. The van der Waals surface area contributed by atoms with Crippen LogP contribution in [0.1, 0.15) is 10.4 Å². The van der Waals surface area contributed by atoms with Gasteiger partial charge in [-0.1, -0.05) is 0 Å². The molecule has 0 radical (unpaired) electrons.